The summed E-state index contributed by atoms with van der Waals surface area (Å²) in [7, 11) is 0. The highest BCUT2D eigenvalue weighted by Gasteiger charge is 2.23. The summed E-state index contributed by atoms with van der Waals surface area (Å²) in [5.41, 5.74) is -0.366. The first-order valence-electron chi connectivity index (χ1n) is 5.06. The highest BCUT2D eigenvalue weighted by atomic mass is 35.5. The Morgan fingerprint density at radius 3 is 2.35 bits per heavy atom. The molecule has 0 spiro atoms. The molecule has 0 saturated heterocycles. The van der Waals surface area contributed by atoms with Gasteiger partial charge in [0.2, 0.25) is 5.91 Å². The molecule has 0 saturated carbocycles. The monoisotopic (exact) mass is 255 g/mol. The second-order valence-electron chi connectivity index (χ2n) is 4.70. The number of aromatic carboxylic acids is 1. The number of benzene rings is 1. The van der Waals surface area contributed by atoms with Gasteiger partial charge in [-0.1, -0.05) is 32.4 Å². The molecule has 0 aromatic heterocycles. The summed E-state index contributed by atoms with van der Waals surface area (Å²) in [4.78, 5) is 22.7. The number of carboxylic acid groups (broad SMARTS) is 1. The topological polar surface area (TPSA) is 66.4 Å². The average molecular weight is 256 g/mol. The zero-order valence-electron chi connectivity index (χ0n) is 9.87. The largest absolute Gasteiger partial charge is 0.478 e. The van der Waals surface area contributed by atoms with E-state index in [0.717, 1.165) is 0 Å². The lowest BCUT2D eigenvalue weighted by molar-refractivity contribution is -0.123. The first kappa shape index (κ1) is 13.5. The van der Waals surface area contributed by atoms with Crippen molar-refractivity contribution < 1.29 is 14.7 Å². The predicted octanol–water partition coefficient (Wildman–Crippen LogP) is 3.02. The Bertz CT molecular complexity index is 463. The van der Waals surface area contributed by atoms with Crippen molar-refractivity contribution in [2.75, 3.05) is 5.32 Å². The number of carbonyl (C=O) groups is 2. The second kappa shape index (κ2) is 4.75. The van der Waals surface area contributed by atoms with E-state index >= 15 is 0 Å². The van der Waals surface area contributed by atoms with E-state index < -0.39 is 11.4 Å². The summed E-state index contributed by atoms with van der Waals surface area (Å²) in [6.45, 7) is 5.23. The Morgan fingerprint density at radius 1 is 1.29 bits per heavy atom. The van der Waals surface area contributed by atoms with Gasteiger partial charge in [0.1, 0.15) is 0 Å². The van der Waals surface area contributed by atoms with Crippen LogP contribution in [0.25, 0.3) is 0 Å². The third kappa shape index (κ3) is 3.46. The van der Waals surface area contributed by atoms with Crippen LogP contribution in [0.3, 0.4) is 0 Å². The Kier molecular flexibility index (Phi) is 3.78. The summed E-state index contributed by atoms with van der Waals surface area (Å²) in [6, 6.07) is 4.26. The van der Waals surface area contributed by atoms with Gasteiger partial charge >= 0.3 is 5.97 Å². The zero-order chi connectivity index (χ0) is 13.2. The van der Waals surface area contributed by atoms with E-state index in [1.54, 1.807) is 20.8 Å². The number of anilines is 1. The molecular weight excluding hydrogens is 242 g/mol. The van der Waals surface area contributed by atoms with Crippen LogP contribution in [0.15, 0.2) is 18.2 Å². The quantitative estimate of drug-likeness (QED) is 0.854. The average Bonchev–Trinajstić information content (AvgIpc) is 2.15. The normalized spacial score (nSPS) is 11.1. The lowest BCUT2D eigenvalue weighted by atomic mass is 9.95. The lowest BCUT2D eigenvalue weighted by Gasteiger charge is -2.18. The maximum atomic E-state index is 11.8. The van der Waals surface area contributed by atoms with Crippen molar-refractivity contribution in [3.8, 4) is 0 Å². The number of carboxylic acids is 1. The first-order valence-corrected chi connectivity index (χ1v) is 5.44. The highest BCUT2D eigenvalue weighted by Crippen LogP contribution is 2.24. The predicted molar refractivity (Wildman–Crippen MR) is 66.5 cm³/mol. The van der Waals surface area contributed by atoms with Crippen LogP contribution < -0.4 is 5.32 Å². The standard InChI is InChI=1S/C12H14ClNO3/c1-12(2,3)11(17)14-9-6-7(13)4-5-8(9)10(15)16/h4-6H,1-3H3,(H,14,17)(H,15,16). The molecule has 2 N–H and O–H groups in total. The molecular formula is C12H14ClNO3. The first-order chi connectivity index (χ1) is 7.71. The highest BCUT2D eigenvalue weighted by molar-refractivity contribution is 6.31. The fourth-order valence-electron chi connectivity index (χ4n) is 1.12. The number of hydrogen-bond acceptors (Lipinski definition) is 2. The number of rotatable bonds is 2. The van der Waals surface area contributed by atoms with E-state index in [-0.39, 0.29) is 17.2 Å². The van der Waals surface area contributed by atoms with Crippen molar-refractivity contribution in [2.45, 2.75) is 20.8 Å². The van der Waals surface area contributed by atoms with Crippen molar-refractivity contribution in [2.24, 2.45) is 5.41 Å². The maximum absolute atomic E-state index is 11.8. The van der Waals surface area contributed by atoms with Crippen LogP contribution in [0.5, 0.6) is 0 Å². The van der Waals surface area contributed by atoms with Gasteiger partial charge in [-0.25, -0.2) is 4.79 Å². The molecule has 1 amide bonds. The molecule has 0 aliphatic carbocycles. The Morgan fingerprint density at radius 2 is 1.88 bits per heavy atom. The minimum absolute atomic E-state index is 0.0204. The molecule has 0 aliphatic heterocycles. The van der Waals surface area contributed by atoms with Gasteiger partial charge in [0.25, 0.3) is 0 Å². The van der Waals surface area contributed by atoms with Gasteiger partial charge in [0.05, 0.1) is 11.3 Å². The smallest absolute Gasteiger partial charge is 0.337 e. The number of nitrogens with one attached hydrogen (secondary N) is 1. The van der Waals surface area contributed by atoms with Crippen LogP contribution >= 0.6 is 11.6 Å². The fraction of sp³-hybridized carbons (Fsp3) is 0.333. The third-order valence-electron chi connectivity index (χ3n) is 2.14. The minimum atomic E-state index is -1.11. The number of carbonyl (C=O) groups excluding carboxylic acids is 1. The van der Waals surface area contributed by atoms with E-state index in [9.17, 15) is 9.59 Å². The molecule has 1 rings (SSSR count). The Labute approximate surface area is 105 Å². The van der Waals surface area contributed by atoms with E-state index in [4.69, 9.17) is 16.7 Å². The fourth-order valence-corrected chi connectivity index (χ4v) is 1.29. The molecule has 4 nitrogen and oxygen atoms in total. The number of halogens is 1. The molecule has 0 fully saturated rings. The number of amides is 1. The van der Waals surface area contributed by atoms with Crippen molar-refractivity contribution in [3.05, 3.63) is 28.8 Å². The maximum Gasteiger partial charge on any atom is 0.337 e. The van der Waals surface area contributed by atoms with Crippen LogP contribution in [0, 0.1) is 5.41 Å². The third-order valence-corrected chi connectivity index (χ3v) is 2.38. The zero-order valence-corrected chi connectivity index (χ0v) is 10.6. The second-order valence-corrected chi connectivity index (χ2v) is 5.14. The van der Waals surface area contributed by atoms with Crippen LogP contribution in [0.4, 0.5) is 5.69 Å². The molecule has 0 bridgehead atoms. The molecule has 0 unspecified atom stereocenters. The van der Waals surface area contributed by atoms with E-state index in [1.807, 2.05) is 0 Å². The van der Waals surface area contributed by atoms with Crippen molar-refractivity contribution in [1.82, 2.24) is 0 Å². The molecule has 1 aromatic carbocycles. The molecule has 0 heterocycles. The summed E-state index contributed by atoms with van der Waals surface area (Å²) in [5.74, 6) is -1.37. The molecule has 5 heteroatoms. The van der Waals surface area contributed by atoms with Crippen molar-refractivity contribution in [3.63, 3.8) is 0 Å². The molecule has 0 aliphatic rings. The summed E-state index contributed by atoms with van der Waals surface area (Å²) >= 11 is 5.77. The summed E-state index contributed by atoms with van der Waals surface area (Å²) in [6.07, 6.45) is 0. The van der Waals surface area contributed by atoms with Crippen LogP contribution in [-0.4, -0.2) is 17.0 Å². The van der Waals surface area contributed by atoms with Crippen LogP contribution in [-0.2, 0) is 4.79 Å². The Hall–Kier alpha value is -1.55. The van der Waals surface area contributed by atoms with E-state index in [0.29, 0.717) is 5.02 Å². The molecule has 17 heavy (non-hydrogen) atoms. The van der Waals surface area contributed by atoms with Gasteiger partial charge in [-0.15, -0.1) is 0 Å². The van der Waals surface area contributed by atoms with E-state index in [2.05, 4.69) is 5.32 Å². The van der Waals surface area contributed by atoms with Gasteiger partial charge < -0.3 is 10.4 Å². The van der Waals surface area contributed by atoms with Gasteiger partial charge in [0.15, 0.2) is 0 Å². The number of hydrogen-bond donors (Lipinski definition) is 2. The van der Waals surface area contributed by atoms with Gasteiger partial charge in [0, 0.05) is 10.4 Å². The van der Waals surface area contributed by atoms with Gasteiger partial charge in [-0.2, -0.15) is 0 Å². The Balaban J connectivity index is 3.09. The lowest BCUT2D eigenvalue weighted by Crippen LogP contribution is -2.28. The van der Waals surface area contributed by atoms with Gasteiger partial charge in [-0.3, -0.25) is 4.79 Å². The molecule has 0 atom stereocenters. The molecule has 92 valence electrons. The van der Waals surface area contributed by atoms with Crippen molar-refractivity contribution >= 4 is 29.2 Å². The molecule has 0 radical (unpaired) electrons. The van der Waals surface area contributed by atoms with Gasteiger partial charge in [-0.05, 0) is 18.2 Å². The SMILES string of the molecule is CC(C)(C)C(=O)Nc1cc(Cl)ccc1C(=O)O. The summed E-state index contributed by atoms with van der Waals surface area (Å²) < 4.78 is 0. The van der Waals surface area contributed by atoms with E-state index in [1.165, 1.54) is 18.2 Å². The molecule has 1 aromatic rings. The van der Waals surface area contributed by atoms with Crippen LogP contribution in [0.2, 0.25) is 5.02 Å². The summed E-state index contributed by atoms with van der Waals surface area (Å²) in [5, 5.41) is 11.9. The van der Waals surface area contributed by atoms with Crippen LogP contribution in [0.1, 0.15) is 31.1 Å². The van der Waals surface area contributed by atoms with Crippen molar-refractivity contribution in [1.29, 1.82) is 0 Å². The minimum Gasteiger partial charge on any atom is -0.478 e.